The van der Waals surface area contributed by atoms with Crippen LogP contribution in [0.4, 0.5) is 0 Å². The average Bonchev–Trinajstić information content (AvgIpc) is 3.67. The molecule has 4 saturated carbocycles. The van der Waals surface area contributed by atoms with Crippen LogP contribution in [-0.4, -0.2) is 55.4 Å². The Labute approximate surface area is 224 Å². The van der Waals surface area contributed by atoms with Gasteiger partial charge in [0.25, 0.3) is 5.91 Å². The fourth-order valence-corrected chi connectivity index (χ4v) is 9.85. The zero-order chi connectivity index (χ0) is 25.7. The summed E-state index contributed by atoms with van der Waals surface area (Å²) in [6.07, 6.45) is 7.92. The van der Waals surface area contributed by atoms with E-state index in [2.05, 4.69) is 35.2 Å². The quantitative estimate of drug-likeness (QED) is 0.571. The predicted octanol–water partition coefficient (Wildman–Crippen LogP) is 4.23. The molecule has 1 saturated heterocycles. The largest absolute Gasteiger partial charge is 0.485 e. The second-order valence-corrected chi connectivity index (χ2v) is 12.9. The van der Waals surface area contributed by atoms with Gasteiger partial charge >= 0.3 is 0 Å². The number of benzene rings is 2. The number of nitrogens with zero attached hydrogens (tertiary/aromatic N) is 1. The number of hydrogen-bond donors (Lipinski definition) is 1. The molecule has 4 bridgehead atoms. The summed E-state index contributed by atoms with van der Waals surface area (Å²) in [7, 11) is 1.87. The molecule has 6 heteroatoms. The van der Waals surface area contributed by atoms with E-state index in [1.54, 1.807) is 0 Å². The molecular weight excluding hydrogens is 476 g/mol. The second kappa shape index (κ2) is 8.06. The maximum absolute atomic E-state index is 12.6. The Hall–Kier alpha value is -2.41. The number of piperidine rings is 1. The molecule has 6 nitrogen and oxygen atoms in total. The van der Waals surface area contributed by atoms with Crippen molar-refractivity contribution in [1.82, 2.24) is 4.90 Å². The molecule has 200 valence electrons. The molecule has 7 aliphatic rings. The van der Waals surface area contributed by atoms with Gasteiger partial charge in [0.1, 0.15) is 17.5 Å². The monoisotopic (exact) mass is 514 g/mol. The smallest absolute Gasteiger partial charge is 0.252 e. The van der Waals surface area contributed by atoms with Crippen molar-refractivity contribution >= 4 is 5.91 Å². The minimum atomic E-state index is -0.440. The molecule has 38 heavy (non-hydrogen) atoms. The van der Waals surface area contributed by atoms with Crippen molar-refractivity contribution in [1.29, 1.82) is 0 Å². The van der Waals surface area contributed by atoms with E-state index < -0.39 is 11.5 Å². The van der Waals surface area contributed by atoms with Crippen LogP contribution in [-0.2, 0) is 27.9 Å². The van der Waals surface area contributed by atoms with E-state index in [-0.39, 0.29) is 22.9 Å². The third-order valence-corrected chi connectivity index (χ3v) is 11.5. The molecule has 2 aliphatic heterocycles. The predicted molar refractivity (Wildman–Crippen MR) is 143 cm³/mol. The normalized spacial score (nSPS) is 38.1. The highest BCUT2D eigenvalue weighted by atomic mass is 16.6. The molecule has 0 radical (unpaired) electrons. The Morgan fingerprint density at radius 3 is 2.74 bits per heavy atom. The molecule has 2 N–H and O–H groups in total. The van der Waals surface area contributed by atoms with E-state index >= 15 is 0 Å². The van der Waals surface area contributed by atoms with Gasteiger partial charge in [-0.25, -0.2) is 0 Å². The number of nitrogens with two attached hydrogens (primary N) is 1. The molecular formula is C32H38N2O4. The molecule has 2 spiro atoms. The van der Waals surface area contributed by atoms with E-state index in [0.29, 0.717) is 24.8 Å². The number of primary amides is 1. The minimum absolute atomic E-state index is 0.0976. The van der Waals surface area contributed by atoms with Crippen molar-refractivity contribution in [2.24, 2.45) is 23.0 Å². The molecule has 0 aromatic heterocycles. The van der Waals surface area contributed by atoms with Gasteiger partial charge in [0, 0.05) is 42.0 Å². The van der Waals surface area contributed by atoms with Crippen LogP contribution in [0.15, 0.2) is 42.5 Å². The van der Waals surface area contributed by atoms with Gasteiger partial charge in [0.2, 0.25) is 0 Å². The highest BCUT2D eigenvalue weighted by molar-refractivity contribution is 5.97. The number of ether oxygens (including phenoxy) is 3. The third kappa shape index (κ3) is 2.87. The zero-order valence-corrected chi connectivity index (χ0v) is 22.3. The summed E-state index contributed by atoms with van der Waals surface area (Å²) in [6.45, 7) is 3.58. The van der Waals surface area contributed by atoms with Crippen LogP contribution in [0.5, 0.6) is 5.75 Å². The van der Waals surface area contributed by atoms with Crippen molar-refractivity contribution in [3.8, 4) is 5.75 Å². The fraction of sp³-hybridized carbons (Fsp3) is 0.594. The Morgan fingerprint density at radius 2 is 1.97 bits per heavy atom. The molecule has 1 amide bonds. The number of hydrogen-bond acceptors (Lipinski definition) is 5. The van der Waals surface area contributed by atoms with Crippen LogP contribution in [0.1, 0.15) is 65.6 Å². The maximum atomic E-state index is 12.6. The summed E-state index contributed by atoms with van der Waals surface area (Å²) in [5.74, 6) is 1.45. The first-order valence-electron chi connectivity index (χ1n) is 14.6. The second-order valence-electron chi connectivity index (χ2n) is 12.9. The van der Waals surface area contributed by atoms with Crippen molar-refractivity contribution in [2.75, 3.05) is 26.8 Å². The van der Waals surface area contributed by atoms with Crippen LogP contribution in [0.3, 0.4) is 0 Å². The van der Waals surface area contributed by atoms with Gasteiger partial charge < -0.3 is 19.9 Å². The van der Waals surface area contributed by atoms with Crippen LogP contribution in [0, 0.1) is 17.3 Å². The number of carbonyl (C=O) groups excluding carboxylic acids is 1. The summed E-state index contributed by atoms with van der Waals surface area (Å²) < 4.78 is 20.0. The highest BCUT2D eigenvalue weighted by Crippen LogP contribution is 2.76. The minimum Gasteiger partial charge on any atom is -0.485 e. The Balaban J connectivity index is 1.24. The molecule has 2 heterocycles. The van der Waals surface area contributed by atoms with Gasteiger partial charge in [-0.3, -0.25) is 9.69 Å². The van der Waals surface area contributed by atoms with Gasteiger partial charge in [-0.1, -0.05) is 36.4 Å². The molecule has 6 atom stereocenters. The summed E-state index contributed by atoms with van der Waals surface area (Å²) in [6, 6.07) is 15.0. The van der Waals surface area contributed by atoms with E-state index in [1.165, 1.54) is 36.1 Å². The lowest BCUT2D eigenvalue weighted by molar-refractivity contribution is -0.283. The van der Waals surface area contributed by atoms with E-state index in [1.807, 2.05) is 19.2 Å². The lowest BCUT2D eigenvalue weighted by Gasteiger charge is -2.74. The van der Waals surface area contributed by atoms with Crippen molar-refractivity contribution in [3.05, 3.63) is 64.7 Å². The van der Waals surface area contributed by atoms with Gasteiger partial charge in [0.15, 0.2) is 0 Å². The first-order chi connectivity index (χ1) is 18.5. The van der Waals surface area contributed by atoms with E-state index in [0.717, 1.165) is 50.3 Å². The van der Waals surface area contributed by atoms with Gasteiger partial charge in [-0.2, -0.15) is 0 Å². The van der Waals surface area contributed by atoms with Crippen LogP contribution in [0.2, 0.25) is 0 Å². The summed E-state index contributed by atoms with van der Waals surface area (Å²) in [5, 5.41) is 0. The first kappa shape index (κ1) is 23.5. The van der Waals surface area contributed by atoms with E-state index in [4.69, 9.17) is 19.9 Å². The standard InChI is InChI=1S/C32H38N2O4/c1-36-32-12-11-30(16-23(32)19-37-18-21-5-3-2-4-6-21)25-15-22-9-10-24(28(33)35)27-26(22)31(30,29(32)38-27)13-14-34(25)17-20-7-8-20/h2-6,9-10,20,23,25,29H,7-8,11-19H2,1H3,(H2,33,35)/t23-,25-,29-,30-,31+,32-/m1/s1. The maximum Gasteiger partial charge on any atom is 0.252 e. The topological polar surface area (TPSA) is 74.0 Å². The molecule has 0 unspecified atom stereocenters. The van der Waals surface area contributed by atoms with Crippen molar-refractivity contribution in [3.63, 3.8) is 0 Å². The van der Waals surface area contributed by atoms with Gasteiger partial charge in [-0.15, -0.1) is 0 Å². The summed E-state index contributed by atoms with van der Waals surface area (Å²) >= 11 is 0. The molecule has 5 aliphatic carbocycles. The highest BCUT2D eigenvalue weighted by Gasteiger charge is 2.80. The number of amides is 1. The molecule has 9 rings (SSSR count). The number of carbonyl (C=O) groups is 1. The molecule has 2 aromatic carbocycles. The summed E-state index contributed by atoms with van der Waals surface area (Å²) in [4.78, 5) is 15.4. The van der Waals surface area contributed by atoms with Crippen LogP contribution in [0.25, 0.3) is 0 Å². The van der Waals surface area contributed by atoms with Gasteiger partial charge in [-0.05, 0) is 74.6 Å². The average molecular weight is 515 g/mol. The fourth-order valence-electron chi connectivity index (χ4n) is 9.85. The number of likely N-dealkylation sites (tertiary alicyclic amines) is 1. The van der Waals surface area contributed by atoms with Crippen molar-refractivity contribution < 1.29 is 19.0 Å². The number of rotatable bonds is 8. The zero-order valence-electron chi connectivity index (χ0n) is 22.3. The molecule has 5 fully saturated rings. The van der Waals surface area contributed by atoms with E-state index in [9.17, 15) is 4.79 Å². The Kier molecular flexibility index (Phi) is 4.98. The lowest BCUT2D eigenvalue weighted by atomic mass is 9.35. The SMILES string of the molecule is CO[C@]12CC[C@@]3(C[C@@H]1COCc1ccccc1)[C@H]1Cc4ccc(C(N)=O)c5c4[C@@]3(CCN1CC1CC1)[C@H]2O5. The summed E-state index contributed by atoms with van der Waals surface area (Å²) in [5.41, 5.74) is 9.82. The Bertz CT molecular complexity index is 1290. The lowest BCUT2D eigenvalue weighted by Crippen LogP contribution is -2.81. The van der Waals surface area contributed by atoms with Crippen LogP contribution < -0.4 is 10.5 Å². The number of fused-ring (bicyclic) bond motifs is 2. The van der Waals surface area contributed by atoms with Crippen LogP contribution >= 0.6 is 0 Å². The first-order valence-corrected chi connectivity index (χ1v) is 14.6. The van der Waals surface area contributed by atoms with Gasteiger partial charge in [0.05, 0.1) is 18.8 Å². The van der Waals surface area contributed by atoms with Crippen molar-refractivity contribution in [2.45, 2.75) is 74.7 Å². The Morgan fingerprint density at radius 1 is 1.13 bits per heavy atom. The number of methoxy groups -OCH3 is 1. The molecule has 2 aromatic rings. The third-order valence-electron chi connectivity index (χ3n) is 11.5.